The first-order chi connectivity index (χ1) is 13.0. The summed E-state index contributed by atoms with van der Waals surface area (Å²) in [5, 5.41) is 2.88. The number of carbonyl (C=O) groups excluding carboxylic acids is 2. The SMILES string of the molecule is CC(C)Oc1ccc(C(=O)Nc2ccc(CC(=O)N3CCCC3)cc2)cc1. The fraction of sp³-hybridized carbons (Fsp3) is 0.364. The first-order valence-corrected chi connectivity index (χ1v) is 9.46. The molecule has 142 valence electrons. The van der Waals surface area contributed by atoms with E-state index in [-0.39, 0.29) is 17.9 Å². The zero-order valence-electron chi connectivity index (χ0n) is 15.9. The Kier molecular flexibility index (Phi) is 6.12. The largest absolute Gasteiger partial charge is 0.491 e. The van der Waals surface area contributed by atoms with Crippen LogP contribution in [0.15, 0.2) is 48.5 Å². The number of amides is 2. The maximum absolute atomic E-state index is 12.4. The van der Waals surface area contributed by atoms with Crippen molar-refractivity contribution in [2.24, 2.45) is 0 Å². The zero-order valence-corrected chi connectivity index (χ0v) is 15.9. The van der Waals surface area contributed by atoms with Crippen molar-refractivity contribution in [3.63, 3.8) is 0 Å². The summed E-state index contributed by atoms with van der Waals surface area (Å²) in [5.74, 6) is 0.744. The third-order valence-electron chi connectivity index (χ3n) is 4.51. The molecule has 1 heterocycles. The molecule has 1 fully saturated rings. The maximum Gasteiger partial charge on any atom is 0.255 e. The minimum absolute atomic E-state index is 0.0977. The van der Waals surface area contributed by atoms with E-state index in [2.05, 4.69) is 5.32 Å². The molecule has 5 heteroatoms. The first-order valence-electron chi connectivity index (χ1n) is 9.46. The van der Waals surface area contributed by atoms with Gasteiger partial charge in [-0.3, -0.25) is 9.59 Å². The van der Waals surface area contributed by atoms with Crippen LogP contribution in [0.25, 0.3) is 0 Å². The second kappa shape index (κ2) is 8.71. The van der Waals surface area contributed by atoms with Crippen LogP contribution in [0.1, 0.15) is 42.6 Å². The summed E-state index contributed by atoms with van der Waals surface area (Å²) in [4.78, 5) is 26.5. The molecule has 0 bridgehead atoms. The monoisotopic (exact) mass is 366 g/mol. The smallest absolute Gasteiger partial charge is 0.255 e. The van der Waals surface area contributed by atoms with Crippen molar-refractivity contribution in [3.05, 3.63) is 59.7 Å². The number of carbonyl (C=O) groups is 2. The zero-order chi connectivity index (χ0) is 19.2. The summed E-state index contributed by atoms with van der Waals surface area (Å²) >= 11 is 0. The molecule has 2 amide bonds. The van der Waals surface area contributed by atoms with Crippen LogP contribution >= 0.6 is 0 Å². The number of nitrogens with one attached hydrogen (secondary N) is 1. The van der Waals surface area contributed by atoms with Gasteiger partial charge >= 0.3 is 0 Å². The Hall–Kier alpha value is -2.82. The Morgan fingerprint density at radius 2 is 1.63 bits per heavy atom. The van der Waals surface area contributed by atoms with Crippen LogP contribution in [0.4, 0.5) is 5.69 Å². The normalized spacial score (nSPS) is 13.7. The standard InChI is InChI=1S/C22H26N2O3/c1-16(2)27-20-11-7-18(8-12-20)22(26)23-19-9-5-17(6-10-19)15-21(25)24-13-3-4-14-24/h5-12,16H,3-4,13-15H2,1-2H3,(H,23,26). The van der Waals surface area contributed by atoms with Crippen molar-refractivity contribution in [2.45, 2.75) is 39.2 Å². The molecule has 1 aliphatic rings. The molecule has 0 saturated carbocycles. The molecular formula is C22H26N2O3. The molecule has 1 N–H and O–H groups in total. The van der Waals surface area contributed by atoms with Crippen LogP contribution in [0.2, 0.25) is 0 Å². The average molecular weight is 366 g/mol. The summed E-state index contributed by atoms with van der Waals surface area (Å²) in [6, 6.07) is 14.5. The Morgan fingerprint density at radius 3 is 2.22 bits per heavy atom. The third kappa shape index (κ3) is 5.33. The van der Waals surface area contributed by atoms with E-state index < -0.39 is 0 Å². The summed E-state index contributed by atoms with van der Waals surface area (Å²) < 4.78 is 5.59. The molecule has 1 aliphatic heterocycles. The number of anilines is 1. The molecule has 3 rings (SSSR count). The molecule has 27 heavy (non-hydrogen) atoms. The highest BCUT2D eigenvalue weighted by Gasteiger charge is 2.17. The summed E-state index contributed by atoms with van der Waals surface area (Å²) in [5.41, 5.74) is 2.24. The highest BCUT2D eigenvalue weighted by molar-refractivity contribution is 6.04. The van der Waals surface area contributed by atoms with E-state index in [1.165, 1.54) is 0 Å². The Labute approximate surface area is 160 Å². The quantitative estimate of drug-likeness (QED) is 0.844. The molecular weight excluding hydrogens is 340 g/mol. The van der Waals surface area contributed by atoms with Crippen molar-refractivity contribution in [2.75, 3.05) is 18.4 Å². The van der Waals surface area contributed by atoms with Crippen molar-refractivity contribution in [1.29, 1.82) is 0 Å². The lowest BCUT2D eigenvalue weighted by Crippen LogP contribution is -2.29. The number of likely N-dealkylation sites (tertiary alicyclic amines) is 1. The lowest BCUT2D eigenvalue weighted by atomic mass is 10.1. The van der Waals surface area contributed by atoms with Crippen molar-refractivity contribution in [3.8, 4) is 5.75 Å². The molecule has 2 aromatic rings. The average Bonchev–Trinajstić information content (AvgIpc) is 3.18. The van der Waals surface area contributed by atoms with Crippen molar-refractivity contribution >= 4 is 17.5 Å². The molecule has 0 radical (unpaired) electrons. The van der Waals surface area contributed by atoms with Crippen LogP contribution in [0, 0.1) is 0 Å². The fourth-order valence-corrected chi connectivity index (χ4v) is 3.12. The van der Waals surface area contributed by atoms with Crippen molar-refractivity contribution < 1.29 is 14.3 Å². The van der Waals surface area contributed by atoms with E-state index in [1.807, 2.05) is 43.0 Å². The molecule has 0 spiro atoms. The summed E-state index contributed by atoms with van der Waals surface area (Å²) in [6.07, 6.45) is 2.70. The Bertz CT molecular complexity index is 776. The fourth-order valence-electron chi connectivity index (χ4n) is 3.12. The number of nitrogens with zero attached hydrogens (tertiary/aromatic N) is 1. The van der Waals surface area contributed by atoms with Crippen LogP contribution < -0.4 is 10.1 Å². The summed E-state index contributed by atoms with van der Waals surface area (Å²) in [6.45, 7) is 5.66. The van der Waals surface area contributed by atoms with Gasteiger partial charge < -0.3 is 15.0 Å². The molecule has 1 saturated heterocycles. The second-order valence-corrected chi connectivity index (χ2v) is 7.11. The molecule has 0 unspecified atom stereocenters. The Balaban J connectivity index is 1.55. The van der Waals surface area contributed by atoms with Crippen LogP contribution in [0.3, 0.4) is 0 Å². The lowest BCUT2D eigenvalue weighted by molar-refractivity contribution is -0.129. The predicted octanol–water partition coefficient (Wildman–Crippen LogP) is 3.89. The minimum atomic E-state index is -0.174. The number of benzene rings is 2. The predicted molar refractivity (Wildman–Crippen MR) is 106 cm³/mol. The van der Waals surface area contributed by atoms with Gasteiger partial charge in [0.05, 0.1) is 12.5 Å². The maximum atomic E-state index is 12.4. The molecule has 0 atom stereocenters. The van der Waals surface area contributed by atoms with Gasteiger partial charge in [-0.2, -0.15) is 0 Å². The topological polar surface area (TPSA) is 58.6 Å². The third-order valence-corrected chi connectivity index (χ3v) is 4.51. The minimum Gasteiger partial charge on any atom is -0.491 e. The van der Waals surface area contributed by atoms with Crippen LogP contribution in [-0.2, 0) is 11.2 Å². The second-order valence-electron chi connectivity index (χ2n) is 7.11. The van der Waals surface area contributed by atoms with Gasteiger partial charge in [0, 0.05) is 24.3 Å². The Morgan fingerprint density at radius 1 is 1.00 bits per heavy atom. The molecule has 0 aromatic heterocycles. The van der Waals surface area contributed by atoms with Gasteiger partial charge in [0.25, 0.3) is 5.91 Å². The lowest BCUT2D eigenvalue weighted by Gasteiger charge is -2.15. The highest BCUT2D eigenvalue weighted by Crippen LogP contribution is 2.17. The van der Waals surface area contributed by atoms with E-state index in [0.717, 1.165) is 37.2 Å². The van der Waals surface area contributed by atoms with E-state index >= 15 is 0 Å². The number of hydrogen-bond donors (Lipinski definition) is 1. The molecule has 5 nitrogen and oxygen atoms in total. The highest BCUT2D eigenvalue weighted by atomic mass is 16.5. The molecule has 2 aromatic carbocycles. The van der Waals surface area contributed by atoms with Gasteiger partial charge in [-0.1, -0.05) is 12.1 Å². The van der Waals surface area contributed by atoms with E-state index in [9.17, 15) is 9.59 Å². The number of ether oxygens (including phenoxy) is 1. The molecule has 0 aliphatic carbocycles. The van der Waals surface area contributed by atoms with Gasteiger partial charge in [0.15, 0.2) is 0 Å². The van der Waals surface area contributed by atoms with E-state index in [0.29, 0.717) is 17.7 Å². The number of rotatable bonds is 6. The van der Waals surface area contributed by atoms with Gasteiger partial charge in [0.1, 0.15) is 5.75 Å². The van der Waals surface area contributed by atoms with Gasteiger partial charge in [0.2, 0.25) is 5.91 Å². The van der Waals surface area contributed by atoms with E-state index in [1.54, 1.807) is 24.3 Å². The van der Waals surface area contributed by atoms with Crippen LogP contribution in [0.5, 0.6) is 5.75 Å². The van der Waals surface area contributed by atoms with Crippen LogP contribution in [-0.4, -0.2) is 35.9 Å². The van der Waals surface area contributed by atoms with Gasteiger partial charge in [-0.15, -0.1) is 0 Å². The van der Waals surface area contributed by atoms with Gasteiger partial charge in [-0.05, 0) is 68.7 Å². The van der Waals surface area contributed by atoms with Gasteiger partial charge in [-0.25, -0.2) is 0 Å². The summed E-state index contributed by atoms with van der Waals surface area (Å²) in [7, 11) is 0. The van der Waals surface area contributed by atoms with Crippen molar-refractivity contribution in [1.82, 2.24) is 4.90 Å². The first kappa shape index (κ1) is 19.0. The number of hydrogen-bond acceptors (Lipinski definition) is 3. The van der Waals surface area contributed by atoms with E-state index in [4.69, 9.17) is 4.74 Å².